The summed E-state index contributed by atoms with van der Waals surface area (Å²) >= 11 is 0. The van der Waals surface area contributed by atoms with Crippen LogP contribution in [0.3, 0.4) is 0 Å². The van der Waals surface area contributed by atoms with E-state index in [4.69, 9.17) is 21.5 Å². The first kappa shape index (κ1) is 20.5. The lowest BCUT2D eigenvalue weighted by molar-refractivity contribution is -0.122. The van der Waals surface area contributed by atoms with Crippen LogP contribution in [0.1, 0.15) is 32.1 Å². The molecule has 152 valence electrons. The molecule has 1 aromatic heterocycles. The van der Waals surface area contributed by atoms with E-state index in [0.717, 1.165) is 25.7 Å². The maximum atomic E-state index is 13.0. The number of rotatable bonds is 7. The van der Waals surface area contributed by atoms with Crippen LogP contribution in [0.5, 0.6) is 5.75 Å². The number of nitrogens with one attached hydrogen (secondary N) is 3. The first-order valence-electron chi connectivity index (χ1n) is 9.85. The summed E-state index contributed by atoms with van der Waals surface area (Å²) in [5.74, 6) is -0.187. The molecule has 1 amide bonds. The molecule has 1 aliphatic heterocycles. The van der Waals surface area contributed by atoms with Crippen molar-refractivity contribution in [2.75, 3.05) is 18.4 Å². The third-order valence-electron chi connectivity index (χ3n) is 5.34. The zero-order valence-corrected chi connectivity index (χ0v) is 15.9. The average Bonchev–Trinajstić information content (AvgIpc) is 3.18. The minimum atomic E-state index is -0.853. The number of hydrogen-bond donors (Lipinski definition) is 5. The van der Waals surface area contributed by atoms with Gasteiger partial charge in [0.2, 0.25) is 5.91 Å². The van der Waals surface area contributed by atoms with Crippen LogP contribution in [-0.2, 0) is 4.79 Å². The molecule has 1 aromatic rings. The third kappa shape index (κ3) is 5.17. The number of hydrogen-bond acceptors (Lipinski definition) is 8. The predicted molar refractivity (Wildman–Crippen MR) is 105 cm³/mol. The molecular formula is C19H29N7O2. The normalized spacial score (nSPS) is 23.9. The lowest BCUT2D eigenvalue weighted by Gasteiger charge is -2.36. The summed E-state index contributed by atoms with van der Waals surface area (Å²) in [5, 5.41) is 18.2. The molecule has 2 aliphatic rings. The van der Waals surface area contributed by atoms with Gasteiger partial charge in [-0.1, -0.05) is 0 Å². The number of nitriles is 1. The summed E-state index contributed by atoms with van der Waals surface area (Å²) in [4.78, 5) is 17.1. The lowest BCUT2D eigenvalue weighted by Crippen LogP contribution is -2.63. The largest absolute Gasteiger partial charge is 0.488 e. The molecule has 2 fully saturated rings. The van der Waals surface area contributed by atoms with Gasteiger partial charge >= 0.3 is 0 Å². The van der Waals surface area contributed by atoms with Crippen LogP contribution >= 0.6 is 0 Å². The van der Waals surface area contributed by atoms with E-state index >= 15 is 0 Å². The van der Waals surface area contributed by atoms with Gasteiger partial charge in [-0.2, -0.15) is 5.26 Å². The number of carbonyl (C=O) groups is 1. The number of nitrogens with zero attached hydrogens (tertiary/aromatic N) is 2. The molecule has 28 heavy (non-hydrogen) atoms. The summed E-state index contributed by atoms with van der Waals surface area (Å²) in [6, 6.07) is 3.92. The van der Waals surface area contributed by atoms with E-state index in [9.17, 15) is 4.79 Å². The van der Waals surface area contributed by atoms with Crippen molar-refractivity contribution in [3.05, 3.63) is 18.5 Å². The van der Waals surface area contributed by atoms with Gasteiger partial charge in [-0.05, 0) is 31.6 Å². The Labute approximate surface area is 165 Å². The van der Waals surface area contributed by atoms with E-state index in [1.54, 1.807) is 18.5 Å². The number of ether oxygens (including phenoxy) is 1. The molecule has 1 aliphatic carbocycles. The maximum Gasteiger partial charge on any atom is 0.233 e. The summed E-state index contributed by atoms with van der Waals surface area (Å²) in [6.45, 7) is 1.26. The van der Waals surface area contributed by atoms with Gasteiger partial charge in [0.15, 0.2) is 0 Å². The number of anilines is 1. The Bertz CT molecular complexity index is 692. The fourth-order valence-corrected chi connectivity index (χ4v) is 3.79. The highest BCUT2D eigenvalue weighted by Gasteiger charge is 2.35. The van der Waals surface area contributed by atoms with Crippen LogP contribution in [0.2, 0.25) is 0 Å². The van der Waals surface area contributed by atoms with Crippen LogP contribution in [0.15, 0.2) is 18.5 Å². The molecule has 2 heterocycles. The molecule has 7 N–H and O–H groups in total. The minimum absolute atomic E-state index is 0.171. The number of aromatic nitrogens is 1. The highest BCUT2D eigenvalue weighted by Crippen LogP contribution is 2.29. The quantitative estimate of drug-likeness (QED) is 0.418. The molecule has 0 bridgehead atoms. The van der Waals surface area contributed by atoms with Gasteiger partial charge in [-0.3, -0.25) is 9.78 Å². The summed E-state index contributed by atoms with van der Waals surface area (Å²) in [6.07, 6.45) is 6.98. The van der Waals surface area contributed by atoms with Crippen molar-refractivity contribution in [1.29, 1.82) is 5.26 Å². The minimum Gasteiger partial charge on any atom is -0.488 e. The molecule has 1 atom stereocenters. The number of carbonyl (C=O) groups excluding carboxylic acids is 1. The van der Waals surface area contributed by atoms with Crippen molar-refractivity contribution in [2.45, 2.75) is 50.5 Å². The molecule has 0 spiro atoms. The van der Waals surface area contributed by atoms with Crippen LogP contribution in [0.4, 0.5) is 5.69 Å². The summed E-state index contributed by atoms with van der Waals surface area (Å²) in [5.41, 5.74) is 12.4. The van der Waals surface area contributed by atoms with E-state index in [1.165, 1.54) is 0 Å². The Morgan fingerprint density at radius 2 is 2.07 bits per heavy atom. The molecule has 3 rings (SSSR count). The van der Waals surface area contributed by atoms with E-state index in [1.807, 2.05) is 0 Å². The molecular weight excluding hydrogens is 358 g/mol. The Hall–Kier alpha value is -2.25. The van der Waals surface area contributed by atoms with Crippen LogP contribution in [0.25, 0.3) is 0 Å². The molecule has 1 saturated heterocycles. The first-order chi connectivity index (χ1) is 13.6. The third-order valence-corrected chi connectivity index (χ3v) is 5.34. The fraction of sp³-hybridized carbons (Fsp3) is 0.632. The van der Waals surface area contributed by atoms with Crippen molar-refractivity contribution in [3.8, 4) is 11.8 Å². The molecule has 1 saturated carbocycles. The Kier molecular flexibility index (Phi) is 7.17. The van der Waals surface area contributed by atoms with Crippen LogP contribution in [-0.4, -0.2) is 42.4 Å². The number of amides is 1. The van der Waals surface area contributed by atoms with Gasteiger partial charge in [0.05, 0.1) is 36.6 Å². The first-order valence-corrected chi connectivity index (χ1v) is 9.85. The van der Waals surface area contributed by atoms with E-state index in [2.05, 4.69) is 27.0 Å². The summed E-state index contributed by atoms with van der Waals surface area (Å²) in [7, 11) is 0. The standard InChI is InChI=1S/C19H29N7O2/c20-7-5-12-9-24-18(25-10-12)16(17(21)22)19(27)26-14-11-23-8-6-15(14)28-13-3-1-2-4-13/h6,8,11-13,16-18,24-25H,1-5,9-10,21-22H2,(H,26,27). The van der Waals surface area contributed by atoms with Gasteiger partial charge < -0.3 is 32.2 Å². The Balaban J connectivity index is 1.65. The maximum absolute atomic E-state index is 13.0. The number of nitrogens with two attached hydrogens (primary N) is 2. The predicted octanol–water partition coefficient (Wildman–Crippen LogP) is 0.250. The van der Waals surface area contributed by atoms with Gasteiger partial charge in [0, 0.05) is 31.8 Å². The summed E-state index contributed by atoms with van der Waals surface area (Å²) < 4.78 is 6.05. The second-order valence-electron chi connectivity index (χ2n) is 7.51. The SMILES string of the molecule is N#CCC1CNC(C(C(=O)Nc2cnccc2OC2CCCC2)C(N)N)NC1. The second kappa shape index (κ2) is 9.80. The van der Waals surface area contributed by atoms with Crippen LogP contribution in [0, 0.1) is 23.2 Å². The van der Waals surface area contributed by atoms with Crippen molar-refractivity contribution in [3.63, 3.8) is 0 Å². The number of pyridine rings is 1. The highest BCUT2D eigenvalue weighted by atomic mass is 16.5. The van der Waals surface area contributed by atoms with E-state index in [-0.39, 0.29) is 24.1 Å². The van der Waals surface area contributed by atoms with E-state index < -0.39 is 12.1 Å². The smallest absolute Gasteiger partial charge is 0.233 e. The van der Waals surface area contributed by atoms with Gasteiger partial charge in [-0.15, -0.1) is 0 Å². The van der Waals surface area contributed by atoms with Crippen molar-refractivity contribution >= 4 is 11.6 Å². The average molecular weight is 387 g/mol. The van der Waals surface area contributed by atoms with Gasteiger partial charge in [-0.25, -0.2) is 0 Å². The van der Waals surface area contributed by atoms with Crippen molar-refractivity contribution < 1.29 is 9.53 Å². The van der Waals surface area contributed by atoms with Crippen molar-refractivity contribution in [1.82, 2.24) is 15.6 Å². The molecule has 0 radical (unpaired) electrons. The zero-order valence-electron chi connectivity index (χ0n) is 15.9. The Morgan fingerprint density at radius 3 is 2.71 bits per heavy atom. The Morgan fingerprint density at radius 1 is 1.36 bits per heavy atom. The fourth-order valence-electron chi connectivity index (χ4n) is 3.79. The molecule has 0 aromatic carbocycles. The van der Waals surface area contributed by atoms with Crippen molar-refractivity contribution in [2.24, 2.45) is 23.3 Å². The van der Waals surface area contributed by atoms with Crippen LogP contribution < -0.4 is 32.2 Å². The highest BCUT2D eigenvalue weighted by molar-refractivity contribution is 5.94. The second-order valence-corrected chi connectivity index (χ2v) is 7.51. The van der Waals surface area contributed by atoms with Gasteiger partial charge in [0.25, 0.3) is 0 Å². The topological polar surface area (TPSA) is 151 Å². The van der Waals surface area contributed by atoms with Gasteiger partial charge in [0.1, 0.15) is 11.4 Å². The van der Waals surface area contributed by atoms with E-state index in [0.29, 0.717) is 30.9 Å². The monoisotopic (exact) mass is 387 g/mol. The molecule has 1 unspecified atom stereocenters. The lowest BCUT2D eigenvalue weighted by atomic mass is 9.96. The molecule has 9 heteroatoms. The zero-order chi connectivity index (χ0) is 19.9. The molecule has 9 nitrogen and oxygen atoms in total.